The summed E-state index contributed by atoms with van der Waals surface area (Å²) >= 11 is 0. The molecule has 4 nitrogen and oxygen atoms in total. The second kappa shape index (κ2) is 11.7. The summed E-state index contributed by atoms with van der Waals surface area (Å²) in [7, 11) is 0. The van der Waals surface area contributed by atoms with Crippen LogP contribution in [0.15, 0.2) is 170 Å². The van der Waals surface area contributed by atoms with Gasteiger partial charge in [-0.05, 0) is 45.5 Å². The molecule has 0 amide bonds. The van der Waals surface area contributed by atoms with Crippen LogP contribution in [0.25, 0.3) is 89.0 Å². The standard InChI is InChI=1S/C44H28N4/c1-3-13-31(14-4-1)42-46-43(32-15-5-2-6-16-32)48-44(47-42)34-27-33-17-7-8-18-35(33)39(28-34)29-23-25-30(26-24-29)41-38-21-10-9-19-36(38)37-20-11-12-22-40(37)45-41/h1-28H. The highest BCUT2D eigenvalue weighted by atomic mass is 15.0. The lowest BCUT2D eigenvalue weighted by Crippen LogP contribution is -2.00. The maximum atomic E-state index is 5.12. The molecule has 0 fully saturated rings. The van der Waals surface area contributed by atoms with Gasteiger partial charge in [-0.2, -0.15) is 0 Å². The zero-order valence-electron chi connectivity index (χ0n) is 26.0. The molecule has 4 heteroatoms. The average Bonchev–Trinajstić information content (AvgIpc) is 3.18. The van der Waals surface area contributed by atoms with Crippen molar-refractivity contribution in [1.29, 1.82) is 0 Å². The Hall–Kier alpha value is -6.52. The lowest BCUT2D eigenvalue weighted by atomic mass is 9.93. The fourth-order valence-corrected chi connectivity index (χ4v) is 6.55. The van der Waals surface area contributed by atoms with Crippen molar-refractivity contribution in [3.63, 3.8) is 0 Å². The van der Waals surface area contributed by atoms with Crippen LogP contribution >= 0.6 is 0 Å². The molecule has 0 radical (unpaired) electrons. The van der Waals surface area contributed by atoms with E-state index in [0.717, 1.165) is 55.4 Å². The number of fused-ring (bicyclic) bond motifs is 4. The summed E-state index contributed by atoms with van der Waals surface area (Å²) < 4.78 is 0. The van der Waals surface area contributed by atoms with Crippen molar-refractivity contribution >= 4 is 32.4 Å². The van der Waals surface area contributed by atoms with Gasteiger partial charge in [0.25, 0.3) is 0 Å². The highest BCUT2D eigenvalue weighted by molar-refractivity contribution is 6.11. The minimum Gasteiger partial charge on any atom is -0.247 e. The molecule has 0 saturated heterocycles. The van der Waals surface area contributed by atoms with E-state index in [1.165, 1.54) is 16.2 Å². The van der Waals surface area contributed by atoms with Crippen molar-refractivity contribution in [3.05, 3.63) is 170 Å². The second-order valence-corrected chi connectivity index (χ2v) is 11.9. The first-order chi connectivity index (χ1) is 23.8. The molecule has 224 valence electrons. The Labute approximate surface area is 278 Å². The lowest BCUT2D eigenvalue weighted by Gasteiger charge is -2.13. The highest BCUT2D eigenvalue weighted by Crippen LogP contribution is 2.37. The Morgan fingerprint density at radius 1 is 0.292 bits per heavy atom. The van der Waals surface area contributed by atoms with Gasteiger partial charge in [0, 0.05) is 33.0 Å². The van der Waals surface area contributed by atoms with Crippen LogP contribution in [0, 0.1) is 0 Å². The summed E-state index contributed by atoms with van der Waals surface area (Å²) in [6.45, 7) is 0. The van der Waals surface area contributed by atoms with E-state index in [-0.39, 0.29) is 0 Å². The summed E-state index contributed by atoms with van der Waals surface area (Å²) in [5, 5.41) is 5.82. The first-order valence-electron chi connectivity index (χ1n) is 16.1. The molecule has 0 aliphatic carbocycles. The molecule has 9 rings (SSSR count). The zero-order chi connectivity index (χ0) is 31.9. The lowest BCUT2D eigenvalue weighted by molar-refractivity contribution is 1.07. The molecule has 0 aliphatic rings. The maximum Gasteiger partial charge on any atom is 0.164 e. The first kappa shape index (κ1) is 27.8. The van der Waals surface area contributed by atoms with Crippen LogP contribution in [0.4, 0.5) is 0 Å². The summed E-state index contributed by atoms with van der Waals surface area (Å²) in [5.74, 6) is 1.93. The molecule has 0 atom stereocenters. The number of hydrogen-bond acceptors (Lipinski definition) is 4. The SMILES string of the molecule is c1ccc(-c2nc(-c3ccccc3)nc(-c3cc(-c4ccc(-c5nc6ccccc6c6ccccc56)cc4)c4ccccc4c3)n2)cc1. The predicted octanol–water partition coefficient (Wildman–Crippen LogP) is 11.1. The second-order valence-electron chi connectivity index (χ2n) is 11.9. The molecule has 7 aromatic carbocycles. The van der Waals surface area contributed by atoms with Crippen LogP contribution in [-0.4, -0.2) is 19.9 Å². The van der Waals surface area contributed by atoms with Crippen LogP contribution in [0.2, 0.25) is 0 Å². The number of benzene rings is 7. The molecule has 9 aromatic rings. The minimum absolute atomic E-state index is 0.637. The van der Waals surface area contributed by atoms with Gasteiger partial charge in [-0.15, -0.1) is 0 Å². The van der Waals surface area contributed by atoms with Gasteiger partial charge < -0.3 is 0 Å². The van der Waals surface area contributed by atoms with Crippen molar-refractivity contribution < 1.29 is 0 Å². The van der Waals surface area contributed by atoms with Crippen molar-refractivity contribution in [2.24, 2.45) is 0 Å². The van der Waals surface area contributed by atoms with E-state index in [9.17, 15) is 0 Å². The van der Waals surface area contributed by atoms with Crippen LogP contribution < -0.4 is 0 Å². The third-order valence-electron chi connectivity index (χ3n) is 8.90. The summed E-state index contributed by atoms with van der Waals surface area (Å²) in [4.78, 5) is 20.1. The Balaban J connectivity index is 1.19. The largest absolute Gasteiger partial charge is 0.247 e. The normalized spacial score (nSPS) is 11.3. The minimum atomic E-state index is 0.637. The van der Waals surface area contributed by atoms with Gasteiger partial charge in [0.2, 0.25) is 0 Å². The van der Waals surface area contributed by atoms with Gasteiger partial charge in [0.15, 0.2) is 17.5 Å². The van der Waals surface area contributed by atoms with Gasteiger partial charge in [-0.1, -0.05) is 152 Å². The summed E-state index contributed by atoms with van der Waals surface area (Å²) in [5.41, 5.74) is 8.13. The van der Waals surface area contributed by atoms with E-state index in [2.05, 4.69) is 103 Å². The van der Waals surface area contributed by atoms with Crippen molar-refractivity contribution in [2.45, 2.75) is 0 Å². The third-order valence-corrected chi connectivity index (χ3v) is 8.90. The zero-order valence-corrected chi connectivity index (χ0v) is 26.0. The molecule has 0 bridgehead atoms. The molecule has 48 heavy (non-hydrogen) atoms. The highest BCUT2D eigenvalue weighted by Gasteiger charge is 2.16. The molecular weight excluding hydrogens is 585 g/mol. The molecule has 2 aromatic heterocycles. The molecule has 0 spiro atoms. The molecule has 0 aliphatic heterocycles. The predicted molar refractivity (Wildman–Crippen MR) is 197 cm³/mol. The number of para-hydroxylation sites is 1. The Kier molecular flexibility index (Phi) is 6.76. The van der Waals surface area contributed by atoms with Crippen LogP contribution in [0.5, 0.6) is 0 Å². The van der Waals surface area contributed by atoms with Crippen molar-refractivity contribution in [3.8, 4) is 56.5 Å². The Morgan fingerprint density at radius 3 is 1.46 bits per heavy atom. The van der Waals surface area contributed by atoms with Gasteiger partial charge in [-0.25, -0.2) is 19.9 Å². The maximum absolute atomic E-state index is 5.12. The number of rotatable bonds is 5. The van der Waals surface area contributed by atoms with E-state index >= 15 is 0 Å². The topological polar surface area (TPSA) is 51.6 Å². The number of pyridine rings is 1. The van der Waals surface area contributed by atoms with E-state index in [1.807, 2.05) is 66.7 Å². The Morgan fingerprint density at radius 2 is 0.792 bits per heavy atom. The average molecular weight is 613 g/mol. The van der Waals surface area contributed by atoms with Crippen molar-refractivity contribution in [2.75, 3.05) is 0 Å². The number of hydrogen-bond donors (Lipinski definition) is 0. The van der Waals surface area contributed by atoms with Gasteiger partial charge >= 0.3 is 0 Å². The third kappa shape index (κ3) is 4.97. The van der Waals surface area contributed by atoms with Gasteiger partial charge in [0.05, 0.1) is 11.2 Å². The fraction of sp³-hybridized carbons (Fsp3) is 0. The van der Waals surface area contributed by atoms with Gasteiger partial charge in [-0.3, -0.25) is 0 Å². The first-order valence-corrected chi connectivity index (χ1v) is 16.1. The van der Waals surface area contributed by atoms with E-state index in [4.69, 9.17) is 19.9 Å². The Bertz CT molecular complexity index is 2540. The van der Waals surface area contributed by atoms with Crippen molar-refractivity contribution in [1.82, 2.24) is 19.9 Å². The van der Waals surface area contributed by atoms with Crippen LogP contribution in [0.1, 0.15) is 0 Å². The molecule has 0 N–H and O–H groups in total. The van der Waals surface area contributed by atoms with Crippen LogP contribution in [0.3, 0.4) is 0 Å². The number of aromatic nitrogens is 4. The fourth-order valence-electron chi connectivity index (χ4n) is 6.55. The van der Waals surface area contributed by atoms with E-state index in [1.54, 1.807) is 0 Å². The van der Waals surface area contributed by atoms with Crippen LogP contribution in [-0.2, 0) is 0 Å². The molecule has 2 heterocycles. The van der Waals surface area contributed by atoms with E-state index < -0.39 is 0 Å². The number of nitrogens with zero attached hydrogens (tertiary/aromatic N) is 4. The summed E-state index contributed by atoms with van der Waals surface area (Å²) in [6.07, 6.45) is 0. The van der Waals surface area contributed by atoms with E-state index in [0.29, 0.717) is 17.5 Å². The quantitative estimate of drug-likeness (QED) is 0.181. The summed E-state index contributed by atoms with van der Waals surface area (Å²) in [6, 6.07) is 58.7. The molecule has 0 unspecified atom stereocenters. The molecule has 0 saturated carbocycles. The monoisotopic (exact) mass is 612 g/mol. The molecular formula is C44H28N4. The smallest absolute Gasteiger partial charge is 0.164 e. The van der Waals surface area contributed by atoms with Gasteiger partial charge in [0.1, 0.15) is 0 Å².